The van der Waals surface area contributed by atoms with E-state index in [1.54, 1.807) is 0 Å². The minimum atomic E-state index is -0.317. The van der Waals surface area contributed by atoms with Crippen LogP contribution in [0.2, 0.25) is 0 Å². The zero-order valence-electron chi connectivity index (χ0n) is 19.5. The Bertz CT molecular complexity index is 754. The number of carbonyl (C=O) groups excluding carboxylic acids is 1. The van der Waals surface area contributed by atoms with E-state index in [0.29, 0.717) is 38.6 Å². The SMILES string of the molecule is CN1C(C)(C)CC(OCCOCCOCCOC(=O)c2cc(I)cc(I)c2I)CC1(C)C. The Labute approximate surface area is 233 Å². The van der Waals surface area contributed by atoms with Gasteiger partial charge in [-0.25, -0.2) is 4.79 Å². The Morgan fingerprint density at radius 1 is 0.938 bits per heavy atom. The molecule has 6 nitrogen and oxygen atoms in total. The summed E-state index contributed by atoms with van der Waals surface area (Å²) in [4.78, 5) is 14.7. The second kappa shape index (κ2) is 13.1. The van der Waals surface area contributed by atoms with Crippen LogP contribution in [-0.4, -0.2) is 74.7 Å². The topological polar surface area (TPSA) is 57.2 Å². The molecule has 0 N–H and O–H groups in total. The maximum absolute atomic E-state index is 12.3. The quantitative estimate of drug-likeness (QED) is 0.131. The number of piperidine rings is 1. The zero-order chi connectivity index (χ0) is 23.9. The van der Waals surface area contributed by atoms with Crippen LogP contribution in [0.25, 0.3) is 0 Å². The summed E-state index contributed by atoms with van der Waals surface area (Å²) in [6, 6.07) is 3.88. The van der Waals surface area contributed by atoms with Gasteiger partial charge in [-0.1, -0.05) is 0 Å². The summed E-state index contributed by atoms with van der Waals surface area (Å²) in [5.41, 5.74) is 0.849. The third kappa shape index (κ3) is 8.74. The maximum atomic E-state index is 12.3. The maximum Gasteiger partial charge on any atom is 0.339 e. The van der Waals surface area contributed by atoms with Crippen molar-refractivity contribution >= 4 is 73.7 Å². The van der Waals surface area contributed by atoms with Crippen molar-refractivity contribution in [1.29, 1.82) is 0 Å². The van der Waals surface area contributed by atoms with Gasteiger partial charge in [0.05, 0.1) is 44.7 Å². The molecule has 0 spiro atoms. The summed E-state index contributed by atoms with van der Waals surface area (Å²) >= 11 is 6.60. The van der Waals surface area contributed by atoms with Gasteiger partial charge in [0.1, 0.15) is 6.61 Å². The van der Waals surface area contributed by atoms with Crippen molar-refractivity contribution in [1.82, 2.24) is 4.90 Å². The summed E-state index contributed by atoms with van der Waals surface area (Å²) in [7, 11) is 2.20. The molecular formula is C23H34I3NO5. The Kier molecular flexibility index (Phi) is 11.9. The number of carbonyl (C=O) groups is 1. The van der Waals surface area contributed by atoms with Crippen molar-refractivity contribution in [3.8, 4) is 0 Å². The van der Waals surface area contributed by atoms with Crippen molar-refractivity contribution in [3.63, 3.8) is 0 Å². The van der Waals surface area contributed by atoms with Crippen LogP contribution in [0.1, 0.15) is 50.9 Å². The fraction of sp³-hybridized carbons (Fsp3) is 0.696. The number of likely N-dealkylation sites (tertiary alicyclic amines) is 1. The van der Waals surface area contributed by atoms with E-state index in [9.17, 15) is 4.79 Å². The van der Waals surface area contributed by atoms with Crippen molar-refractivity contribution < 1.29 is 23.7 Å². The van der Waals surface area contributed by atoms with Crippen LogP contribution < -0.4 is 0 Å². The molecule has 0 saturated carbocycles. The molecule has 0 atom stereocenters. The second-order valence-electron chi connectivity index (χ2n) is 9.19. The fourth-order valence-corrected chi connectivity index (χ4v) is 6.35. The molecule has 182 valence electrons. The first-order valence-corrected chi connectivity index (χ1v) is 14.0. The Morgan fingerprint density at radius 3 is 2.06 bits per heavy atom. The molecule has 1 heterocycles. The molecule has 1 fully saturated rings. The second-order valence-corrected chi connectivity index (χ2v) is 12.7. The van der Waals surface area contributed by atoms with Crippen molar-refractivity contribution in [2.45, 2.75) is 57.7 Å². The van der Waals surface area contributed by atoms with Gasteiger partial charge in [0.2, 0.25) is 0 Å². The monoisotopic (exact) mass is 785 g/mol. The molecule has 2 rings (SSSR count). The first kappa shape index (κ1) is 29.0. The smallest absolute Gasteiger partial charge is 0.339 e. The van der Waals surface area contributed by atoms with Crippen LogP contribution in [0.15, 0.2) is 12.1 Å². The average molecular weight is 785 g/mol. The molecule has 1 aliphatic heterocycles. The van der Waals surface area contributed by atoms with Gasteiger partial charge in [-0.15, -0.1) is 0 Å². The summed E-state index contributed by atoms with van der Waals surface area (Å²) in [5, 5.41) is 0. The molecule has 0 unspecified atom stereocenters. The highest BCUT2D eigenvalue weighted by molar-refractivity contribution is 14.1. The summed E-state index contributed by atoms with van der Waals surface area (Å²) < 4.78 is 25.5. The highest BCUT2D eigenvalue weighted by atomic mass is 127. The van der Waals surface area contributed by atoms with E-state index in [1.807, 2.05) is 12.1 Å². The van der Waals surface area contributed by atoms with E-state index in [-0.39, 0.29) is 29.8 Å². The van der Waals surface area contributed by atoms with Crippen molar-refractivity contribution in [2.24, 2.45) is 0 Å². The van der Waals surface area contributed by atoms with Crippen LogP contribution in [0, 0.1) is 10.7 Å². The highest BCUT2D eigenvalue weighted by Gasteiger charge is 2.43. The predicted octanol–water partition coefficient (Wildman–Crippen LogP) is 5.36. The molecule has 0 aromatic heterocycles. The molecule has 9 heteroatoms. The molecule has 1 saturated heterocycles. The van der Waals surface area contributed by atoms with Gasteiger partial charge in [0, 0.05) is 21.8 Å². The van der Waals surface area contributed by atoms with E-state index in [2.05, 4.69) is 107 Å². The Morgan fingerprint density at radius 2 is 1.47 bits per heavy atom. The minimum Gasteiger partial charge on any atom is -0.460 e. The Hall–Kier alpha value is 0.720. The largest absolute Gasteiger partial charge is 0.460 e. The first-order valence-electron chi connectivity index (χ1n) is 10.8. The van der Waals surface area contributed by atoms with E-state index in [1.165, 1.54) is 0 Å². The minimum absolute atomic E-state index is 0.125. The standard InChI is InChI=1S/C23H34I3NO5/c1-22(2)14-17(15-23(3,4)27(22)5)31-10-8-29-6-7-30-9-11-32-21(28)18-12-16(24)13-19(25)20(18)26/h12-13,17H,6-11,14-15H2,1-5H3. The summed E-state index contributed by atoms with van der Waals surface area (Å²) in [6.07, 6.45) is 2.30. The van der Waals surface area contributed by atoms with Gasteiger partial charge in [-0.2, -0.15) is 0 Å². The lowest BCUT2D eigenvalue weighted by Gasteiger charge is -2.53. The average Bonchev–Trinajstić information content (AvgIpc) is 2.69. The van der Waals surface area contributed by atoms with Crippen LogP contribution >= 0.6 is 67.8 Å². The van der Waals surface area contributed by atoms with Crippen LogP contribution in [0.5, 0.6) is 0 Å². The van der Waals surface area contributed by atoms with Gasteiger partial charge in [-0.3, -0.25) is 4.90 Å². The first-order chi connectivity index (χ1) is 14.9. The van der Waals surface area contributed by atoms with E-state index in [4.69, 9.17) is 18.9 Å². The molecular weight excluding hydrogens is 751 g/mol. The summed E-state index contributed by atoms with van der Waals surface area (Å²) in [6.45, 7) is 11.8. The Balaban J connectivity index is 1.53. The van der Waals surface area contributed by atoms with Crippen molar-refractivity contribution in [3.05, 3.63) is 28.4 Å². The lowest BCUT2D eigenvalue weighted by molar-refractivity contribution is -0.101. The van der Waals surface area contributed by atoms with Gasteiger partial charge >= 0.3 is 5.97 Å². The van der Waals surface area contributed by atoms with Gasteiger partial charge in [-0.05, 0) is 127 Å². The molecule has 0 radical (unpaired) electrons. The number of rotatable bonds is 11. The van der Waals surface area contributed by atoms with Crippen LogP contribution in [-0.2, 0) is 18.9 Å². The number of nitrogens with zero attached hydrogens (tertiary/aromatic N) is 1. The summed E-state index contributed by atoms with van der Waals surface area (Å²) in [5.74, 6) is -0.317. The number of hydrogen-bond acceptors (Lipinski definition) is 6. The lowest BCUT2D eigenvalue weighted by atomic mass is 9.79. The van der Waals surface area contributed by atoms with Crippen LogP contribution in [0.4, 0.5) is 0 Å². The third-order valence-electron chi connectivity index (χ3n) is 5.90. The number of halogens is 3. The van der Waals surface area contributed by atoms with E-state index in [0.717, 1.165) is 23.6 Å². The molecule has 32 heavy (non-hydrogen) atoms. The normalized spacial score (nSPS) is 18.6. The number of hydrogen-bond donors (Lipinski definition) is 0. The predicted molar refractivity (Wildman–Crippen MR) is 151 cm³/mol. The molecule has 0 amide bonds. The molecule has 1 aliphatic rings. The number of ether oxygens (including phenoxy) is 4. The van der Waals surface area contributed by atoms with Gasteiger partial charge < -0.3 is 18.9 Å². The fourth-order valence-electron chi connectivity index (χ4n) is 3.97. The van der Waals surface area contributed by atoms with E-state index < -0.39 is 0 Å². The molecule has 1 aromatic rings. The number of esters is 1. The number of benzene rings is 1. The van der Waals surface area contributed by atoms with Gasteiger partial charge in [0.25, 0.3) is 0 Å². The van der Waals surface area contributed by atoms with Gasteiger partial charge in [0.15, 0.2) is 0 Å². The highest BCUT2D eigenvalue weighted by Crippen LogP contribution is 2.38. The third-order valence-corrected chi connectivity index (χ3v) is 9.57. The zero-order valence-corrected chi connectivity index (χ0v) is 26.0. The molecule has 0 bridgehead atoms. The van der Waals surface area contributed by atoms with Crippen LogP contribution in [0.3, 0.4) is 0 Å². The molecule has 1 aromatic carbocycles. The van der Waals surface area contributed by atoms with Crippen molar-refractivity contribution in [2.75, 3.05) is 46.7 Å². The lowest BCUT2D eigenvalue weighted by Crippen LogP contribution is -2.60. The molecule has 0 aliphatic carbocycles. The van der Waals surface area contributed by atoms with E-state index >= 15 is 0 Å².